The topological polar surface area (TPSA) is 86.8 Å². The Morgan fingerprint density at radius 2 is 1.88 bits per heavy atom. The Hall–Kier alpha value is -2.23. The summed E-state index contributed by atoms with van der Waals surface area (Å²) < 4.78 is 27.8. The molecule has 1 aliphatic carbocycles. The molecule has 0 bridgehead atoms. The molecule has 2 aromatic rings. The van der Waals surface area contributed by atoms with Crippen molar-refractivity contribution in [2.75, 3.05) is 20.1 Å². The monoisotopic (exact) mass is 477 g/mol. The van der Waals surface area contributed by atoms with E-state index in [2.05, 4.69) is 5.32 Å². The van der Waals surface area contributed by atoms with Gasteiger partial charge in [0.1, 0.15) is 0 Å². The zero-order valence-electron chi connectivity index (χ0n) is 18.6. The molecular weight excluding hydrogens is 446 g/mol. The molecule has 2 amide bonds. The largest absolute Gasteiger partial charge is 0.350 e. The zero-order chi connectivity index (χ0) is 23.1. The maximum atomic E-state index is 13.2. The highest BCUT2D eigenvalue weighted by Crippen LogP contribution is 2.27. The van der Waals surface area contributed by atoms with E-state index in [4.69, 9.17) is 0 Å². The van der Waals surface area contributed by atoms with Crippen LogP contribution in [0.5, 0.6) is 0 Å². The number of likely N-dealkylation sites (N-methyl/N-ethyl adjacent to an activating group) is 1. The van der Waals surface area contributed by atoms with E-state index in [1.165, 1.54) is 21.3 Å². The lowest BCUT2D eigenvalue weighted by Crippen LogP contribution is -2.40. The number of thiophene rings is 1. The Morgan fingerprint density at radius 3 is 2.53 bits per heavy atom. The molecule has 1 aliphatic rings. The number of nitrogens with one attached hydrogen (secondary N) is 1. The highest BCUT2D eigenvalue weighted by molar-refractivity contribution is 7.89. The molecule has 0 spiro atoms. The van der Waals surface area contributed by atoms with Gasteiger partial charge in [0.25, 0.3) is 5.91 Å². The van der Waals surface area contributed by atoms with E-state index < -0.39 is 10.0 Å². The van der Waals surface area contributed by atoms with Crippen molar-refractivity contribution in [1.29, 1.82) is 0 Å². The smallest absolute Gasteiger partial charge is 0.254 e. The minimum absolute atomic E-state index is 0.00714. The van der Waals surface area contributed by atoms with Gasteiger partial charge in [-0.25, -0.2) is 8.42 Å². The van der Waals surface area contributed by atoms with Crippen molar-refractivity contribution in [3.63, 3.8) is 0 Å². The highest BCUT2D eigenvalue weighted by Gasteiger charge is 2.30. The number of sulfonamides is 1. The fraction of sp³-hybridized carbons (Fsp3) is 0.478. The molecule has 0 atom stereocenters. The standard InChI is InChI=1S/C23H31N3O4S2/c1-3-26(17-22(27)24-16-20-12-8-14-31-20)23(28)18-9-7-13-21(15-18)32(29,30)25(2)19-10-5-4-6-11-19/h7-9,12-15,19H,3-6,10-11,16-17H2,1-2H3,(H,24,27). The molecule has 0 saturated heterocycles. The lowest BCUT2D eigenvalue weighted by atomic mass is 9.96. The van der Waals surface area contributed by atoms with E-state index in [0.717, 1.165) is 37.0 Å². The molecule has 1 N–H and O–H groups in total. The second-order valence-corrected chi connectivity index (χ2v) is 11.0. The molecular formula is C23H31N3O4S2. The van der Waals surface area contributed by atoms with Crippen molar-refractivity contribution >= 4 is 33.2 Å². The van der Waals surface area contributed by atoms with Crippen LogP contribution in [0.3, 0.4) is 0 Å². The third-order valence-electron chi connectivity index (χ3n) is 5.89. The number of nitrogens with zero attached hydrogens (tertiary/aromatic N) is 2. The van der Waals surface area contributed by atoms with Gasteiger partial charge in [-0.2, -0.15) is 4.31 Å². The summed E-state index contributed by atoms with van der Waals surface area (Å²) in [5.41, 5.74) is 0.260. The summed E-state index contributed by atoms with van der Waals surface area (Å²) in [5.74, 6) is -0.620. The number of amides is 2. The van der Waals surface area contributed by atoms with Gasteiger partial charge in [0, 0.05) is 30.1 Å². The summed E-state index contributed by atoms with van der Waals surface area (Å²) in [4.78, 5) is 27.9. The summed E-state index contributed by atoms with van der Waals surface area (Å²) in [6.45, 7) is 2.47. The van der Waals surface area contributed by atoms with Gasteiger partial charge in [0.15, 0.2) is 0 Å². The molecule has 3 rings (SSSR count). The van der Waals surface area contributed by atoms with Crippen LogP contribution in [0, 0.1) is 0 Å². The second-order valence-electron chi connectivity index (χ2n) is 8.02. The first-order chi connectivity index (χ1) is 15.3. The predicted octanol–water partition coefficient (Wildman–Crippen LogP) is 3.48. The van der Waals surface area contributed by atoms with Crippen molar-refractivity contribution in [2.24, 2.45) is 0 Å². The van der Waals surface area contributed by atoms with Gasteiger partial charge in [-0.05, 0) is 49.4 Å². The van der Waals surface area contributed by atoms with Crippen LogP contribution in [0.1, 0.15) is 54.3 Å². The molecule has 1 heterocycles. The van der Waals surface area contributed by atoms with Gasteiger partial charge in [-0.15, -0.1) is 11.3 Å². The molecule has 0 aliphatic heterocycles. The van der Waals surface area contributed by atoms with Gasteiger partial charge >= 0.3 is 0 Å². The Bertz CT molecular complexity index is 1020. The van der Waals surface area contributed by atoms with Crippen molar-refractivity contribution in [2.45, 2.75) is 56.5 Å². The molecule has 1 aromatic heterocycles. The van der Waals surface area contributed by atoms with Crippen LogP contribution in [0.4, 0.5) is 0 Å². The molecule has 174 valence electrons. The zero-order valence-corrected chi connectivity index (χ0v) is 20.3. The maximum Gasteiger partial charge on any atom is 0.254 e. The van der Waals surface area contributed by atoms with Crippen molar-refractivity contribution in [3.8, 4) is 0 Å². The van der Waals surface area contributed by atoms with E-state index in [1.807, 2.05) is 17.5 Å². The minimum Gasteiger partial charge on any atom is -0.350 e. The lowest BCUT2D eigenvalue weighted by Gasteiger charge is -2.30. The fourth-order valence-corrected chi connectivity index (χ4v) is 6.04. The third-order valence-corrected chi connectivity index (χ3v) is 8.67. The lowest BCUT2D eigenvalue weighted by molar-refractivity contribution is -0.121. The molecule has 9 heteroatoms. The number of carbonyl (C=O) groups excluding carboxylic acids is 2. The second kappa shape index (κ2) is 11.1. The first kappa shape index (κ1) is 24.4. The number of hydrogen-bond donors (Lipinski definition) is 1. The van der Waals surface area contributed by atoms with Crippen molar-refractivity contribution in [1.82, 2.24) is 14.5 Å². The number of hydrogen-bond acceptors (Lipinski definition) is 5. The minimum atomic E-state index is -3.70. The van der Waals surface area contributed by atoms with Gasteiger partial charge < -0.3 is 10.2 Å². The Kier molecular flexibility index (Phi) is 8.44. The SMILES string of the molecule is CCN(CC(=O)NCc1cccs1)C(=O)c1cccc(S(=O)(=O)N(C)C2CCCCC2)c1. The Balaban J connectivity index is 1.69. The molecule has 1 fully saturated rings. The van der Waals surface area contributed by atoms with Crippen LogP contribution >= 0.6 is 11.3 Å². The summed E-state index contributed by atoms with van der Waals surface area (Å²) in [6, 6.07) is 9.96. The first-order valence-electron chi connectivity index (χ1n) is 11.0. The van der Waals surface area contributed by atoms with Crippen molar-refractivity contribution < 1.29 is 18.0 Å². The summed E-state index contributed by atoms with van der Waals surface area (Å²) in [6.07, 6.45) is 4.92. The molecule has 32 heavy (non-hydrogen) atoms. The summed E-state index contributed by atoms with van der Waals surface area (Å²) >= 11 is 1.55. The predicted molar refractivity (Wildman–Crippen MR) is 126 cm³/mol. The van der Waals surface area contributed by atoms with Gasteiger partial charge in [-0.3, -0.25) is 9.59 Å². The van der Waals surface area contributed by atoms with E-state index in [-0.39, 0.29) is 34.9 Å². The van der Waals surface area contributed by atoms with Gasteiger partial charge in [0.2, 0.25) is 15.9 Å². The molecule has 1 saturated carbocycles. The van der Waals surface area contributed by atoms with Crippen LogP contribution in [0.25, 0.3) is 0 Å². The molecule has 0 unspecified atom stereocenters. The molecule has 7 nitrogen and oxygen atoms in total. The Morgan fingerprint density at radius 1 is 1.12 bits per heavy atom. The van der Waals surface area contributed by atoms with Crippen LogP contribution in [0.15, 0.2) is 46.7 Å². The number of benzene rings is 1. The number of carbonyl (C=O) groups is 2. The van der Waals surface area contributed by atoms with Crippen LogP contribution < -0.4 is 5.32 Å². The van der Waals surface area contributed by atoms with Gasteiger partial charge in [0.05, 0.1) is 18.0 Å². The van der Waals surface area contributed by atoms with E-state index in [9.17, 15) is 18.0 Å². The summed E-state index contributed by atoms with van der Waals surface area (Å²) in [7, 11) is -2.08. The first-order valence-corrected chi connectivity index (χ1v) is 13.3. The Labute approximate surface area is 194 Å². The van der Waals surface area contributed by atoms with Gasteiger partial charge in [-0.1, -0.05) is 31.4 Å². The highest BCUT2D eigenvalue weighted by atomic mass is 32.2. The van der Waals surface area contributed by atoms with Crippen LogP contribution in [-0.4, -0.2) is 55.6 Å². The van der Waals surface area contributed by atoms with Crippen molar-refractivity contribution in [3.05, 3.63) is 52.2 Å². The average molecular weight is 478 g/mol. The third kappa shape index (κ3) is 5.96. The summed E-state index contributed by atoms with van der Waals surface area (Å²) in [5, 5.41) is 4.76. The van der Waals surface area contributed by atoms with E-state index in [0.29, 0.717) is 13.1 Å². The normalized spacial score (nSPS) is 15.0. The molecule has 1 aromatic carbocycles. The quantitative estimate of drug-likeness (QED) is 0.599. The number of rotatable bonds is 9. The van der Waals surface area contributed by atoms with E-state index >= 15 is 0 Å². The maximum absolute atomic E-state index is 13.2. The van der Waals surface area contributed by atoms with Crippen LogP contribution in [-0.2, 0) is 21.4 Å². The fourth-order valence-electron chi connectivity index (χ4n) is 3.93. The molecule has 0 radical (unpaired) electrons. The average Bonchev–Trinajstić information content (AvgIpc) is 3.34. The van der Waals surface area contributed by atoms with Crippen LogP contribution in [0.2, 0.25) is 0 Å². The van der Waals surface area contributed by atoms with E-state index in [1.54, 1.807) is 37.4 Å².